The van der Waals surface area contributed by atoms with Crippen LogP contribution < -0.4 is 9.61 Å². The third kappa shape index (κ3) is 5.10. The molecule has 0 bridgehead atoms. The van der Waals surface area contributed by atoms with E-state index in [2.05, 4.69) is 11.7 Å². The minimum atomic E-state index is -3.36. The molecule has 3 aromatic carbocycles. The number of carbonyl (C=O) groups excluding carboxylic acids is 1. The van der Waals surface area contributed by atoms with Crippen LogP contribution in [0.3, 0.4) is 0 Å². The van der Waals surface area contributed by atoms with E-state index in [0.717, 1.165) is 16.3 Å². The monoisotopic (exact) mass is 395 g/mol. The summed E-state index contributed by atoms with van der Waals surface area (Å²) in [6, 6.07) is 21.6. The predicted molar refractivity (Wildman–Crippen MR) is 111 cm³/mol. The average Bonchev–Trinajstić information content (AvgIpc) is 2.71. The molecular weight excluding hydrogens is 373 g/mol. The summed E-state index contributed by atoms with van der Waals surface area (Å²) in [6.45, 7) is 5.19. The van der Waals surface area contributed by atoms with Crippen molar-refractivity contribution < 1.29 is 18.6 Å². The molecule has 0 aliphatic heterocycles. The Morgan fingerprint density at radius 2 is 1.75 bits per heavy atom. The lowest BCUT2D eigenvalue weighted by atomic mass is 10.1. The van der Waals surface area contributed by atoms with Crippen LogP contribution in [0.1, 0.15) is 5.56 Å². The number of ether oxygens (including phenoxy) is 1. The van der Waals surface area contributed by atoms with Gasteiger partial charge in [-0.25, -0.2) is 9.88 Å². The molecule has 0 heterocycles. The molecule has 3 rings (SSSR count). The molecule has 1 unspecified atom stereocenters. The Hall–Kier alpha value is -2.88. The van der Waals surface area contributed by atoms with Crippen LogP contribution in [0, 0.1) is 0 Å². The van der Waals surface area contributed by atoms with Gasteiger partial charge < -0.3 is 9.26 Å². The smallest absolute Gasteiger partial charge is 0.327 e. The fourth-order valence-corrected chi connectivity index (χ4v) is 4.07. The molecule has 144 valence electrons. The van der Waals surface area contributed by atoms with Crippen LogP contribution in [0.2, 0.25) is 0 Å². The lowest BCUT2D eigenvalue weighted by Crippen LogP contribution is -2.35. The van der Waals surface area contributed by atoms with Crippen LogP contribution in [-0.4, -0.2) is 18.7 Å². The molecule has 5 nitrogen and oxygen atoms in total. The van der Waals surface area contributed by atoms with Gasteiger partial charge in [-0.1, -0.05) is 72.8 Å². The van der Waals surface area contributed by atoms with Crippen molar-refractivity contribution in [1.82, 2.24) is 5.09 Å². The van der Waals surface area contributed by atoms with E-state index < -0.39 is 19.5 Å². The third-order valence-corrected chi connectivity index (χ3v) is 5.40. The summed E-state index contributed by atoms with van der Waals surface area (Å²) < 4.78 is 24.0. The molecule has 0 saturated carbocycles. The maximum atomic E-state index is 13.0. The van der Waals surface area contributed by atoms with Gasteiger partial charge in [-0.3, -0.25) is 4.57 Å². The summed E-state index contributed by atoms with van der Waals surface area (Å²) in [5.41, 5.74) is 0.866. The molecule has 0 amide bonds. The lowest BCUT2D eigenvalue weighted by Gasteiger charge is -2.21. The zero-order chi connectivity index (χ0) is 20.0. The molecular formula is C22H22NO4P. The largest absolute Gasteiger partial charge is 0.459 e. The van der Waals surface area contributed by atoms with Gasteiger partial charge in [0.2, 0.25) is 0 Å². The van der Waals surface area contributed by atoms with Crippen molar-refractivity contribution in [3.05, 3.63) is 91.0 Å². The van der Waals surface area contributed by atoms with E-state index in [1.807, 2.05) is 66.7 Å². The molecule has 0 radical (unpaired) electrons. The van der Waals surface area contributed by atoms with Crippen molar-refractivity contribution in [2.24, 2.45) is 0 Å². The van der Waals surface area contributed by atoms with Gasteiger partial charge in [-0.15, -0.1) is 6.58 Å². The third-order valence-electron chi connectivity index (χ3n) is 4.11. The second kappa shape index (κ2) is 8.87. The zero-order valence-corrected chi connectivity index (χ0v) is 16.5. The predicted octanol–water partition coefficient (Wildman–Crippen LogP) is 4.93. The van der Waals surface area contributed by atoms with Crippen molar-refractivity contribution in [2.45, 2.75) is 12.6 Å². The molecule has 6 heteroatoms. The fraction of sp³-hybridized carbons (Fsp3) is 0.136. The maximum Gasteiger partial charge on any atom is 0.327 e. The van der Waals surface area contributed by atoms with Crippen molar-refractivity contribution in [3.8, 4) is 5.75 Å². The van der Waals surface area contributed by atoms with Gasteiger partial charge in [-0.2, -0.15) is 0 Å². The molecule has 0 spiro atoms. The highest BCUT2D eigenvalue weighted by atomic mass is 31.2. The Morgan fingerprint density at radius 1 is 1.07 bits per heavy atom. The molecule has 0 fully saturated rings. The zero-order valence-electron chi connectivity index (χ0n) is 15.6. The summed E-state index contributed by atoms with van der Waals surface area (Å²) in [7, 11) is -3.36. The number of esters is 1. The van der Waals surface area contributed by atoms with Crippen LogP contribution in [0.5, 0.6) is 5.75 Å². The van der Waals surface area contributed by atoms with E-state index in [1.54, 1.807) is 6.07 Å². The Bertz CT molecular complexity index is 1010. The van der Waals surface area contributed by atoms with Crippen molar-refractivity contribution in [1.29, 1.82) is 0 Å². The second-order valence-corrected chi connectivity index (χ2v) is 8.48. The molecule has 2 atom stereocenters. The Labute approximate surface area is 164 Å². The van der Waals surface area contributed by atoms with E-state index in [-0.39, 0.29) is 6.61 Å². The Morgan fingerprint density at radius 3 is 2.50 bits per heavy atom. The SMILES string of the molecule is C=C[C@@H](NP(C)(=O)Oc1cccc2ccccc12)C(=O)OCc1ccccc1. The van der Waals surface area contributed by atoms with Crippen molar-refractivity contribution >= 4 is 24.3 Å². The summed E-state index contributed by atoms with van der Waals surface area (Å²) in [6.07, 6.45) is 1.36. The number of hydrogen-bond acceptors (Lipinski definition) is 4. The van der Waals surface area contributed by atoms with Crippen LogP contribution in [-0.2, 0) is 20.7 Å². The molecule has 0 saturated heterocycles. The highest BCUT2D eigenvalue weighted by Gasteiger charge is 2.27. The van der Waals surface area contributed by atoms with Gasteiger partial charge in [0.05, 0.1) is 0 Å². The lowest BCUT2D eigenvalue weighted by molar-refractivity contribution is -0.145. The number of carbonyl (C=O) groups is 1. The standard InChI is InChI=1S/C22H22NO4P/c1-3-20(22(24)26-16-17-10-5-4-6-11-17)23-28(2,25)27-21-15-9-13-18-12-7-8-14-19(18)21/h3-15,20H,1,16H2,2H3,(H,23,25)/t20-,28?/m1/s1. The van der Waals surface area contributed by atoms with Gasteiger partial charge in [0.1, 0.15) is 18.4 Å². The summed E-state index contributed by atoms with van der Waals surface area (Å²) >= 11 is 0. The highest BCUT2D eigenvalue weighted by molar-refractivity contribution is 7.56. The Balaban J connectivity index is 1.67. The first kappa shape index (κ1) is 19.9. The van der Waals surface area contributed by atoms with Gasteiger partial charge in [0.15, 0.2) is 0 Å². The van der Waals surface area contributed by atoms with Gasteiger partial charge in [-0.05, 0) is 17.0 Å². The van der Waals surface area contributed by atoms with Gasteiger partial charge >= 0.3 is 13.5 Å². The number of benzene rings is 3. The first-order valence-corrected chi connectivity index (χ1v) is 10.9. The minimum Gasteiger partial charge on any atom is -0.459 e. The number of nitrogens with one attached hydrogen (secondary N) is 1. The Kier molecular flexibility index (Phi) is 6.30. The molecule has 3 aromatic rings. The molecule has 1 N–H and O–H groups in total. The second-order valence-electron chi connectivity index (χ2n) is 6.35. The van der Waals surface area contributed by atoms with E-state index in [4.69, 9.17) is 9.26 Å². The highest BCUT2D eigenvalue weighted by Crippen LogP contribution is 2.42. The maximum absolute atomic E-state index is 13.0. The average molecular weight is 395 g/mol. The van der Waals surface area contributed by atoms with Crippen molar-refractivity contribution in [2.75, 3.05) is 6.66 Å². The van der Waals surface area contributed by atoms with E-state index in [9.17, 15) is 9.36 Å². The first-order valence-electron chi connectivity index (χ1n) is 8.84. The van der Waals surface area contributed by atoms with E-state index >= 15 is 0 Å². The van der Waals surface area contributed by atoms with Gasteiger partial charge in [0, 0.05) is 12.1 Å². The summed E-state index contributed by atoms with van der Waals surface area (Å²) in [4.78, 5) is 12.4. The fourth-order valence-electron chi connectivity index (χ4n) is 2.76. The molecule has 0 aliphatic carbocycles. The van der Waals surface area contributed by atoms with Crippen LogP contribution in [0.15, 0.2) is 85.5 Å². The number of rotatable bonds is 8. The van der Waals surface area contributed by atoms with E-state index in [0.29, 0.717) is 5.75 Å². The molecule has 0 aliphatic rings. The summed E-state index contributed by atoms with van der Waals surface area (Å²) in [5, 5.41) is 4.55. The van der Waals surface area contributed by atoms with Crippen LogP contribution in [0.4, 0.5) is 0 Å². The van der Waals surface area contributed by atoms with Crippen LogP contribution >= 0.6 is 7.52 Å². The van der Waals surface area contributed by atoms with Gasteiger partial charge in [0.25, 0.3) is 0 Å². The molecule has 0 aromatic heterocycles. The topological polar surface area (TPSA) is 64.6 Å². The first-order chi connectivity index (χ1) is 13.5. The normalized spacial score (nSPS) is 14.0. The van der Waals surface area contributed by atoms with Crippen LogP contribution in [0.25, 0.3) is 10.8 Å². The van der Waals surface area contributed by atoms with E-state index in [1.165, 1.54) is 12.7 Å². The number of fused-ring (bicyclic) bond motifs is 1. The minimum absolute atomic E-state index is 0.129. The summed E-state index contributed by atoms with van der Waals surface area (Å²) in [5.74, 6) is -0.0839. The van der Waals surface area contributed by atoms with Crippen molar-refractivity contribution in [3.63, 3.8) is 0 Å². The quantitative estimate of drug-likeness (QED) is 0.333. The molecule has 28 heavy (non-hydrogen) atoms. The number of hydrogen-bond donors (Lipinski definition) is 1.